The maximum atomic E-state index is 12.8. The zero-order valence-electron chi connectivity index (χ0n) is 10.4. The highest BCUT2D eigenvalue weighted by Crippen LogP contribution is 2.28. The normalized spacial score (nSPS) is 10.7. The van der Waals surface area contributed by atoms with E-state index in [9.17, 15) is 8.78 Å². The SMILES string of the molecule is C=C(C)COCCNc1ccc(N)cc1C(F)F. The third kappa shape index (κ3) is 4.71. The van der Waals surface area contributed by atoms with Crippen LogP contribution in [0.3, 0.4) is 0 Å². The molecule has 0 aliphatic rings. The first-order valence-electron chi connectivity index (χ1n) is 5.64. The highest BCUT2D eigenvalue weighted by molar-refractivity contribution is 5.58. The molecule has 0 aromatic heterocycles. The Labute approximate surface area is 106 Å². The number of nitrogen functional groups attached to an aromatic ring is 1. The molecule has 0 bridgehead atoms. The van der Waals surface area contributed by atoms with Crippen LogP contribution >= 0.6 is 0 Å². The number of hydrogen-bond acceptors (Lipinski definition) is 3. The van der Waals surface area contributed by atoms with Crippen molar-refractivity contribution in [3.63, 3.8) is 0 Å². The molecule has 1 aromatic carbocycles. The third-order valence-electron chi connectivity index (χ3n) is 2.22. The average molecular weight is 256 g/mol. The summed E-state index contributed by atoms with van der Waals surface area (Å²) in [5.74, 6) is 0. The Morgan fingerprint density at radius 3 is 2.83 bits per heavy atom. The van der Waals surface area contributed by atoms with Gasteiger partial charge in [0, 0.05) is 23.5 Å². The molecule has 18 heavy (non-hydrogen) atoms. The maximum Gasteiger partial charge on any atom is 0.265 e. The number of nitrogens with one attached hydrogen (secondary N) is 1. The van der Waals surface area contributed by atoms with Gasteiger partial charge in [-0.1, -0.05) is 12.2 Å². The number of alkyl halides is 2. The Kier molecular flexibility index (Phi) is 5.58. The smallest absolute Gasteiger partial charge is 0.265 e. The summed E-state index contributed by atoms with van der Waals surface area (Å²) in [6.45, 7) is 6.93. The minimum atomic E-state index is -2.55. The molecule has 0 unspecified atom stereocenters. The van der Waals surface area contributed by atoms with Crippen LogP contribution in [0.15, 0.2) is 30.4 Å². The van der Waals surface area contributed by atoms with E-state index in [0.29, 0.717) is 31.1 Å². The summed E-state index contributed by atoms with van der Waals surface area (Å²) in [6.07, 6.45) is -2.55. The molecule has 0 saturated carbocycles. The largest absolute Gasteiger partial charge is 0.399 e. The Bertz CT molecular complexity index is 408. The van der Waals surface area contributed by atoms with E-state index >= 15 is 0 Å². The van der Waals surface area contributed by atoms with Crippen molar-refractivity contribution in [2.75, 3.05) is 30.8 Å². The van der Waals surface area contributed by atoms with Crippen molar-refractivity contribution < 1.29 is 13.5 Å². The monoisotopic (exact) mass is 256 g/mol. The van der Waals surface area contributed by atoms with Gasteiger partial charge in [-0.3, -0.25) is 0 Å². The summed E-state index contributed by atoms with van der Waals surface area (Å²) >= 11 is 0. The quantitative estimate of drug-likeness (QED) is 0.447. The summed E-state index contributed by atoms with van der Waals surface area (Å²) in [5.41, 5.74) is 7.03. The molecule has 0 amide bonds. The third-order valence-corrected chi connectivity index (χ3v) is 2.22. The predicted octanol–water partition coefficient (Wildman–Crippen LogP) is 3.21. The molecule has 0 spiro atoms. The zero-order chi connectivity index (χ0) is 13.5. The molecule has 0 radical (unpaired) electrons. The molecule has 1 aromatic rings. The van der Waals surface area contributed by atoms with Crippen molar-refractivity contribution in [3.05, 3.63) is 35.9 Å². The van der Waals surface area contributed by atoms with Crippen molar-refractivity contribution in [2.45, 2.75) is 13.3 Å². The van der Waals surface area contributed by atoms with Gasteiger partial charge in [0.1, 0.15) is 0 Å². The van der Waals surface area contributed by atoms with Crippen LogP contribution in [-0.4, -0.2) is 19.8 Å². The number of halogens is 2. The minimum Gasteiger partial charge on any atom is -0.399 e. The van der Waals surface area contributed by atoms with Crippen molar-refractivity contribution >= 4 is 11.4 Å². The maximum absolute atomic E-state index is 12.8. The van der Waals surface area contributed by atoms with E-state index in [1.165, 1.54) is 6.07 Å². The van der Waals surface area contributed by atoms with Crippen LogP contribution in [0.2, 0.25) is 0 Å². The van der Waals surface area contributed by atoms with Gasteiger partial charge < -0.3 is 15.8 Å². The van der Waals surface area contributed by atoms with Gasteiger partial charge in [-0.25, -0.2) is 8.78 Å². The molecule has 5 heteroatoms. The van der Waals surface area contributed by atoms with Crippen molar-refractivity contribution in [2.24, 2.45) is 0 Å². The first-order valence-corrected chi connectivity index (χ1v) is 5.64. The average Bonchev–Trinajstić information content (AvgIpc) is 2.29. The summed E-state index contributed by atoms with van der Waals surface area (Å²) in [6, 6.07) is 4.42. The van der Waals surface area contributed by atoms with E-state index < -0.39 is 6.43 Å². The lowest BCUT2D eigenvalue weighted by Gasteiger charge is -2.12. The fraction of sp³-hybridized carbons (Fsp3) is 0.385. The molecular weight excluding hydrogens is 238 g/mol. The Morgan fingerprint density at radius 1 is 1.50 bits per heavy atom. The van der Waals surface area contributed by atoms with Gasteiger partial charge in [0.05, 0.1) is 13.2 Å². The second-order valence-electron chi connectivity index (χ2n) is 4.08. The summed E-state index contributed by atoms with van der Waals surface area (Å²) in [5, 5.41) is 2.91. The van der Waals surface area contributed by atoms with Gasteiger partial charge >= 0.3 is 0 Å². The van der Waals surface area contributed by atoms with Gasteiger partial charge in [0.2, 0.25) is 0 Å². The first kappa shape index (κ1) is 14.4. The highest BCUT2D eigenvalue weighted by atomic mass is 19.3. The molecule has 3 N–H and O–H groups in total. The molecule has 0 aliphatic carbocycles. The van der Waals surface area contributed by atoms with E-state index in [1.807, 2.05) is 6.92 Å². The summed E-state index contributed by atoms with van der Waals surface area (Å²) < 4.78 is 30.8. The van der Waals surface area contributed by atoms with Crippen LogP contribution < -0.4 is 11.1 Å². The van der Waals surface area contributed by atoms with E-state index in [-0.39, 0.29) is 5.56 Å². The molecule has 0 aliphatic heterocycles. The van der Waals surface area contributed by atoms with Crippen molar-refractivity contribution in [3.8, 4) is 0 Å². The zero-order valence-corrected chi connectivity index (χ0v) is 10.4. The number of nitrogens with two attached hydrogens (primary N) is 1. The number of benzene rings is 1. The second-order valence-corrected chi connectivity index (χ2v) is 4.08. The van der Waals surface area contributed by atoms with Crippen LogP contribution in [0.4, 0.5) is 20.2 Å². The molecule has 0 fully saturated rings. The molecule has 3 nitrogen and oxygen atoms in total. The summed E-state index contributed by atoms with van der Waals surface area (Å²) in [7, 11) is 0. The molecule has 0 atom stereocenters. The molecule has 0 heterocycles. The Balaban J connectivity index is 2.49. The number of rotatable bonds is 7. The van der Waals surface area contributed by atoms with Crippen LogP contribution in [0.25, 0.3) is 0 Å². The fourth-order valence-electron chi connectivity index (χ4n) is 1.43. The summed E-state index contributed by atoms with van der Waals surface area (Å²) in [4.78, 5) is 0. The lowest BCUT2D eigenvalue weighted by atomic mass is 10.1. The molecule has 100 valence electrons. The van der Waals surface area contributed by atoms with Crippen LogP contribution in [0.5, 0.6) is 0 Å². The van der Waals surface area contributed by atoms with Crippen LogP contribution in [-0.2, 0) is 4.74 Å². The van der Waals surface area contributed by atoms with E-state index in [4.69, 9.17) is 10.5 Å². The Morgan fingerprint density at radius 2 is 2.22 bits per heavy atom. The number of ether oxygens (including phenoxy) is 1. The molecule has 0 saturated heterocycles. The fourth-order valence-corrected chi connectivity index (χ4v) is 1.43. The van der Waals surface area contributed by atoms with Crippen LogP contribution in [0.1, 0.15) is 18.9 Å². The van der Waals surface area contributed by atoms with Gasteiger partial charge in [0.15, 0.2) is 0 Å². The van der Waals surface area contributed by atoms with E-state index in [0.717, 1.165) is 5.57 Å². The predicted molar refractivity (Wildman–Crippen MR) is 69.9 cm³/mol. The first-order chi connectivity index (χ1) is 8.50. The van der Waals surface area contributed by atoms with Crippen molar-refractivity contribution in [1.82, 2.24) is 0 Å². The Hall–Kier alpha value is -1.62. The lowest BCUT2D eigenvalue weighted by molar-refractivity contribution is 0.151. The van der Waals surface area contributed by atoms with E-state index in [2.05, 4.69) is 11.9 Å². The van der Waals surface area contributed by atoms with Gasteiger partial charge in [-0.15, -0.1) is 0 Å². The van der Waals surface area contributed by atoms with Gasteiger partial charge in [0.25, 0.3) is 6.43 Å². The molecular formula is C13H18F2N2O. The van der Waals surface area contributed by atoms with E-state index in [1.54, 1.807) is 12.1 Å². The molecule has 1 rings (SSSR count). The van der Waals surface area contributed by atoms with Crippen LogP contribution in [0, 0.1) is 0 Å². The number of hydrogen-bond donors (Lipinski definition) is 2. The van der Waals surface area contributed by atoms with Gasteiger partial charge in [-0.2, -0.15) is 0 Å². The standard InChI is InChI=1S/C13H18F2N2O/c1-9(2)8-18-6-5-17-12-4-3-10(16)7-11(12)13(14)15/h3-4,7,13,17H,1,5-6,8,16H2,2H3. The topological polar surface area (TPSA) is 47.3 Å². The van der Waals surface area contributed by atoms with Crippen molar-refractivity contribution in [1.29, 1.82) is 0 Å². The van der Waals surface area contributed by atoms with Gasteiger partial charge in [-0.05, 0) is 25.1 Å². The highest BCUT2D eigenvalue weighted by Gasteiger charge is 2.12. The second kappa shape index (κ2) is 6.96. The number of anilines is 2. The minimum absolute atomic E-state index is 0.0881. The lowest BCUT2D eigenvalue weighted by Crippen LogP contribution is -2.11.